The summed E-state index contributed by atoms with van der Waals surface area (Å²) >= 11 is 0. The lowest BCUT2D eigenvalue weighted by Gasteiger charge is -2.15. The van der Waals surface area contributed by atoms with Crippen LogP contribution in [0.25, 0.3) is 5.69 Å². The molecule has 2 aromatic carbocycles. The Balaban J connectivity index is 1.59. The van der Waals surface area contributed by atoms with Crippen LogP contribution in [0.2, 0.25) is 0 Å². The normalized spacial score (nSPS) is 16.1. The van der Waals surface area contributed by atoms with E-state index in [1.165, 1.54) is 11.1 Å². The van der Waals surface area contributed by atoms with Gasteiger partial charge in [-0.15, -0.1) is 0 Å². The summed E-state index contributed by atoms with van der Waals surface area (Å²) in [6.07, 6.45) is 5.25. The zero-order valence-corrected chi connectivity index (χ0v) is 12.6. The lowest BCUT2D eigenvalue weighted by atomic mass is 10.1. The lowest BCUT2D eigenvalue weighted by molar-refractivity contribution is 0.0930. The Morgan fingerprint density at radius 1 is 1.09 bits per heavy atom. The highest BCUT2D eigenvalue weighted by atomic mass is 16.2. The van der Waals surface area contributed by atoms with E-state index < -0.39 is 0 Å². The number of nitrogens with zero attached hydrogens (tertiary/aromatic N) is 2. The Morgan fingerprint density at radius 3 is 2.74 bits per heavy atom. The molecule has 0 radical (unpaired) electrons. The standard InChI is InChI=1S/C19H17N3O/c23-19(21-17-11-10-14-6-4-5-9-16(14)17)18-12-20-13-22(18)15-7-2-1-3-8-15/h1-9,12-13,17H,10-11H2,(H,21,23). The predicted octanol–water partition coefficient (Wildman–Crippen LogP) is 3.29. The van der Waals surface area contributed by atoms with Crippen LogP contribution in [-0.2, 0) is 6.42 Å². The van der Waals surface area contributed by atoms with Crippen molar-refractivity contribution in [1.29, 1.82) is 0 Å². The zero-order valence-electron chi connectivity index (χ0n) is 12.6. The maximum absolute atomic E-state index is 12.7. The van der Waals surface area contributed by atoms with Crippen molar-refractivity contribution in [3.8, 4) is 5.69 Å². The molecule has 3 aromatic rings. The fourth-order valence-electron chi connectivity index (χ4n) is 3.20. The second-order valence-corrected chi connectivity index (χ2v) is 5.75. The number of carbonyl (C=O) groups is 1. The van der Waals surface area contributed by atoms with Crippen LogP contribution in [0, 0.1) is 0 Å². The van der Waals surface area contributed by atoms with Crippen molar-refractivity contribution in [2.45, 2.75) is 18.9 Å². The average molecular weight is 303 g/mol. The first kappa shape index (κ1) is 13.8. The first-order valence-corrected chi connectivity index (χ1v) is 7.79. The molecule has 1 N–H and O–H groups in total. The smallest absolute Gasteiger partial charge is 0.270 e. The van der Waals surface area contributed by atoms with Crippen LogP contribution >= 0.6 is 0 Å². The van der Waals surface area contributed by atoms with Crippen LogP contribution in [0.4, 0.5) is 0 Å². The average Bonchev–Trinajstić information content (AvgIpc) is 3.23. The maximum atomic E-state index is 12.7. The van der Waals surface area contributed by atoms with Crippen molar-refractivity contribution in [2.75, 3.05) is 0 Å². The summed E-state index contributed by atoms with van der Waals surface area (Å²) in [4.78, 5) is 16.8. The minimum Gasteiger partial charge on any atom is -0.344 e. The first-order valence-electron chi connectivity index (χ1n) is 7.79. The number of aryl methyl sites for hydroxylation is 1. The molecule has 0 bridgehead atoms. The molecule has 1 atom stereocenters. The molecule has 4 nitrogen and oxygen atoms in total. The zero-order chi connectivity index (χ0) is 15.6. The van der Waals surface area contributed by atoms with Crippen molar-refractivity contribution in [3.63, 3.8) is 0 Å². The SMILES string of the molecule is O=C(NC1CCc2ccccc21)c1cncn1-c1ccccc1. The van der Waals surface area contributed by atoms with Crippen LogP contribution in [0.5, 0.6) is 0 Å². The predicted molar refractivity (Wildman–Crippen MR) is 88.5 cm³/mol. The molecule has 23 heavy (non-hydrogen) atoms. The molecule has 1 amide bonds. The maximum Gasteiger partial charge on any atom is 0.270 e. The second kappa shape index (κ2) is 5.72. The number of amides is 1. The van der Waals surface area contributed by atoms with Crippen LogP contribution in [-0.4, -0.2) is 15.5 Å². The van der Waals surface area contributed by atoms with Gasteiger partial charge in [-0.2, -0.15) is 0 Å². The van der Waals surface area contributed by atoms with Gasteiger partial charge in [0.05, 0.1) is 18.6 Å². The fraction of sp³-hybridized carbons (Fsp3) is 0.158. The molecule has 4 rings (SSSR count). The molecule has 4 heteroatoms. The van der Waals surface area contributed by atoms with Crippen molar-refractivity contribution in [2.24, 2.45) is 0 Å². The number of hydrogen-bond acceptors (Lipinski definition) is 2. The van der Waals surface area contributed by atoms with E-state index in [2.05, 4.69) is 22.4 Å². The van der Waals surface area contributed by atoms with E-state index in [-0.39, 0.29) is 11.9 Å². The Labute approximate surface area is 134 Å². The molecule has 0 fully saturated rings. The van der Waals surface area contributed by atoms with Gasteiger partial charge in [0.1, 0.15) is 5.69 Å². The van der Waals surface area contributed by atoms with Crippen molar-refractivity contribution < 1.29 is 4.79 Å². The number of hydrogen-bond donors (Lipinski definition) is 1. The first-order chi connectivity index (χ1) is 11.3. The highest BCUT2D eigenvalue weighted by molar-refractivity contribution is 5.93. The van der Waals surface area contributed by atoms with Gasteiger partial charge in [0, 0.05) is 5.69 Å². The van der Waals surface area contributed by atoms with Crippen LogP contribution in [0.3, 0.4) is 0 Å². The molecule has 0 saturated carbocycles. The Kier molecular flexibility index (Phi) is 3.42. The largest absolute Gasteiger partial charge is 0.344 e. The molecule has 1 aliphatic rings. The minimum absolute atomic E-state index is 0.0813. The number of carbonyl (C=O) groups excluding carboxylic acids is 1. The third kappa shape index (κ3) is 2.52. The van der Waals surface area contributed by atoms with E-state index in [9.17, 15) is 4.79 Å². The van der Waals surface area contributed by atoms with E-state index >= 15 is 0 Å². The van der Waals surface area contributed by atoms with Crippen molar-refractivity contribution in [1.82, 2.24) is 14.9 Å². The number of para-hydroxylation sites is 1. The summed E-state index contributed by atoms with van der Waals surface area (Å²) in [6.45, 7) is 0. The molecule has 0 aliphatic heterocycles. The quantitative estimate of drug-likeness (QED) is 0.807. The highest BCUT2D eigenvalue weighted by Gasteiger charge is 2.25. The van der Waals surface area contributed by atoms with Gasteiger partial charge in [-0.3, -0.25) is 9.36 Å². The van der Waals surface area contributed by atoms with Gasteiger partial charge in [-0.05, 0) is 36.1 Å². The number of benzene rings is 2. The summed E-state index contributed by atoms with van der Waals surface area (Å²) in [5.41, 5.74) is 4.04. The summed E-state index contributed by atoms with van der Waals surface area (Å²) < 4.78 is 1.82. The highest BCUT2D eigenvalue weighted by Crippen LogP contribution is 2.30. The number of rotatable bonds is 3. The third-order valence-electron chi connectivity index (χ3n) is 4.34. The molecule has 1 heterocycles. The van der Waals surface area contributed by atoms with E-state index in [0.29, 0.717) is 5.69 Å². The molecule has 0 saturated heterocycles. The molecular weight excluding hydrogens is 286 g/mol. The Hall–Kier alpha value is -2.88. The van der Waals surface area contributed by atoms with Crippen LogP contribution < -0.4 is 5.32 Å². The molecule has 1 unspecified atom stereocenters. The lowest BCUT2D eigenvalue weighted by Crippen LogP contribution is -2.28. The minimum atomic E-state index is -0.0898. The molecule has 114 valence electrons. The number of aromatic nitrogens is 2. The monoisotopic (exact) mass is 303 g/mol. The Morgan fingerprint density at radius 2 is 1.87 bits per heavy atom. The van der Waals surface area contributed by atoms with Crippen molar-refractivity contribution in [3.05, 3.63) is 83.9 Å². The van der Waals surface area contributed by atoms with Crippen LogP contribution in [0.15, 0.2) is 67.1 Å². The van der Waals surface area contributed by atoms with E-state index in [1.54, 1.807) is 12.5 Å². The fourth-order valence-corrected chi connectivity index (χ4v) is 3.20. The number of imidazole rings is 1. The van der Waals surface area contributed by atoms with Gasteiger partial charge in [0.25, 0.3) is 5.91 Å². The van der Waals surface area contributed by atoms with E-state index in [0.717, 1.165) is 18.5 Å². The topological polar surface area (TPSA) is 46.9 Å². The summed E-state index contributed by atoms with van der Waals surface area (Å²) in [7, 11) is 0. The van der Waals surface area contributed by atoms with E-state index in [1.807, 2.05) is 47.0 Å². The molecular formula is C19H17N3O. The van der Waals surface area contributed by atoms with Gasteiger partial charge < -0.3 is 5.32 Å². The third-order valence-corrected chi connectivity index (χ3v) is 4.34. The van der Waals surface area contributed by atoms with E-state index in [4.69, 9.17) is 0 Å². The van der Waals surface area contributed by atoms with Gasteiger partial charge in [0.2, 0.25) is 0 Å². The van der Waals surface area contributed by atoms with Crippen molar-refractivity contribution >= 4 is 5.91 Å². The van der Waals surface area contributed by atoms with Gasteiger partial charge in [-0.1, -0.05) is 42.5 Å². The summed E-state index contributed by atoms with van der Waals surface area (Å²) in [5, 5.41) is 3.15. The second-order valence-electron chi connectivity index (χ2n) is 5.75. The van der Waals surface area contributed by atoms with Gasteiger partial charge in [0.15, 0.2) is 0 Å². The summed E-state index contributed by atoms with van der Waals surface area (Å²) in [6, 6.07) is 18.2. The van der Waals surface area contributed by atoms with Gasteiger partial charge >= 0.3 is 0 Å². The number of fused-ring (bicyclic) bond motifs is 1. The molecule has 1 aliphatic carbocycles. The summed E-state index contributed by atoms with van der Waals surface area (Å²) in [5.74, 6) is -0.0898. The number of nitrogens with one attached hydrogen (secondary N) is 1. The Bertz CT molecular complexity index is 839. The van der Waals surface area contributed by atoms with Gasteiger partial charge in [-0.25, -0.2) is 4.98 Å². The molecule has 0 spiro atoms. The molecule has 1 aromatic heterocycles. The van der Waals surface area contributed by atoms with Crippen LogP contribution in [0.1, 0.15) is 34.1 Å².